The summed E-state index contributed by atoms with van der Waals surface area (Å²) in [6.07, 6.45) is 1.35. The van der Waals surface area contributed by atoms with E-state index in [4.69, 9.17) is 10.5 Å². The molecule has 0 saturated heterocycles. The summed E-state index contributed by atoms with van der Waals surface area (Å²) < 4.78 is 5.44. The standard InChI is InChI=1S/C16H26N2O2.ClH/c1-13(2)8-10-20-11-9-18-16(19)12-15(17)14-6-4-3-5-7-14;/h3-7,13,15H,8-12,17H2,1-2H3,(H,18,19);1H. The number of hydrogen-bond acceptors (Lipinski definition) is 3. The van der Waals surface area contributed by atoms with Crippen molar-refractivity contribution in [1.29, 1.82) is 0 Å². The van der Waals surface area contributed by atoms with E-state index in [1.807, 2.05) is 30.3 Å². The van der Waals surface area contributed by atoms with E-state index in [9.17, 15) is 4.79 Å². The Balaban J connectivity index is 0.00000400. The van der Waals surface area contributed by atoms with Crippen LogP contribution in [0.4, 0.5) is 0 Å². The molecule has 1 aromatic carbocycles. The minimum atomic E-state index is -0.252. The predicted octanol–water partition coefficient (Wildman–Crippen LogP) is 2.68. The highest BCUT2D eigenvalue weighted by Gasteiger charge is 2.10. The van der Waals surface area contributed by atoms with Gasteiger partial charge in [-0.05, 0) is 17.9 Å². The third-order valence-electron chi connectivity index (χ3n) is 3.04. The van der Waals surface area contributed by atoms with Crippen LogP contribution in [-0.4, -0.2) is 25.7 Å². The average molecular weight is 315 g/mol. The maximum atomic E-state index is 11.7. The Bertz CT molecular complexity index is 385. The zero-order valence-electron chi connectivity index (χ0n) is 12.9. The number of nitrogens with two attached hydrogens (primary N) is 1. The van der Waals surface area contributed by atoms with Crippen LogP contribution < -0.4 is 11.1 Å². The third-order valence-corrected chi connectivity index (χ3v) is 3.04. The number of halogens is 1. The molecule has 0 saturated carbocycles. The number of carbonyl (C=O) groups is 1. The number of nitrogens with one attached hydrogen (secondary N) is 1. The molecule has 4 nitrogen and oxygen atoms in total. The van der Waals surface area contributed by atoms with Crippen LogP contribution in [0.1, 0.15) is 38.3 Å². The molecule has 0 heterocycles. The lowest BCUT2D eigenvalue weighted by atomic mass is 10.0. The summed E-state index contributed by atoms with van der Waals surface area (Å²) in [5, 5.41) is 2.83. The van der Waals surface area contributed by atoms with Gasteiger partial charge in [0.2, 0.25) is 5.91 Å². The van der Waals surface area contributed by atoms with E-state index in [1.54, 1.807) is 0 Å². The lowest BCUT2D eigenvalue weighted by molar-refractivity contribution is -0.121. The number of amides is 1. The van der Waals surface area contributed by atoms with Gasteiger partial charge in [0.25, 0.3) is 0 Å². The van der Waals surface area contributed by atoms with Gasteiger partial charge in [0.1, 0.15) is 0 Å². The van der Waals surface area contributed by atoms with Gasteiger partial charge < -0.3 is 15.8 Å². The van der Waals surface area contributed by atoms with E-state index in [-0.39, 0.29) is 24.4 Å². The molecule has 0 aliphatic carbocycles. The number of hydrogen-bond donors (Lipinski definition) is 2. The fraction of sp³-hybridized carbons (Fsp3) is 0.562. The van der Waals surface area contributed by atoms with E-state index in [2.05, 4.69) is 19.2 Å². The molecule has 0 aromatic heterocycles. The summed E-state index contributed by atoms with van der Waals surface area (Å²) in [5.41, 5.74) is 6.97. The van der Waals surface area contributed by atoms with E-state index < -0.39 is 0 Å². The smallest absolute Gasteiger partial charge is 0.221 e. The fourth-order valence-electron chi connectivity index (χ4n) is 1.77. The molecule has 0 spiro atoms. The highest BCUT2D eigenvalue weighted by molar-refractivity contribution is 5.85. The van der Waals surface area contributed by atoms with Gasteiger partial charge in [-0.1, -0.05) is 44.2 Å². The maximum absolute atomic E-state index is 11.7. The second-order valence-electron chi connectivity index (χ2n) is 5.37. The van der Waals surface area contributed by atoms with E-state index in [0.717, 1.165) is 18.6 Å². The predicted molar refractivity (Wildman–Crippen MR) is 88.5 cm³/mol. The molecule has 5 heteroatoms. The lowest BCUT2D eigenvalue weighted by Gasteiger charge is -2.12. The lowest BCUT2D eigenvalue weighted by Crippen LogP contribution is -2.30. The van der Waals surface area contributed by atoms with E-state index >= 15 is 0 Å². The second-order valence-corrected chi connectivity index (χ2v) is 5.37. The van der Waals surface area contributed by atoms with Gasteiger partial charge in [0, 0.05) is 25.6 Å². The Hall–Kier alpha value is -1.10. The van der Waals surface area contributed by atoms with Crippen molar-refractivity contribution in [2.75, 3.05) is 19.8 Å². The molecule has 0 aliphatic rings. The Kier molecular flexibility index (Phi) is 10.9. The van der Waals surface area contributed by atoms with Crippen molar-refractivity contribution in [2.24, 2.45) is 11.7 Å². The van der Waals surface area contributed by atoms with Crippen LogP contribution in [0.5, 0.6) is 0 Å². The Labute approximate surface area is 133 Å². The molecular formula is C16H27ClN2O2. The van der Waals surface area contributed by atoms with Crippen LogP contribution in [-0.2, 0) is 9.53 Å². The summed E-state index contributed by atoms with van der Waals surface area (Å²) in [5.74, 6) is 0.613. The van der Waals surface area contributed by atoms with Crippen molar-refractivity contribution in [3.63, 3.8) is 0 Å². The summed E-state index contributed by atoms with van der Waals surface area (Å²) in [6, 6.07) is 9.41. The fourth-order valence-corrected chi connectivity index (χ4v) is 1.77. The molecular weight excluding hydrogens is 288 g/mol. The van der Waals surface area contributed by atoms with Crippen LogP contribution in [0.25, 0.3) is 0 Å². The van der Waals surface area contributed by atoms with Gasteiger partial charge in [0.05, 0.1) is 6.61 Å². The van der Waals surface area contributed by atoms with Crippen molar-refractivity contribution < 1.29 is 9.53 Å². The summed E-state index contributed by atoms with van der Waals surface area (Å²) in [4.78, 5) is 11.7. The van der Waals surface area contributed by atoms with Gasteiger partial charge in [0.15, 0.2) is 0 Å². The average Bonchev–Trinajstić information content (AvgIpc) is 2.43. The molecule has 120 valence electrons. The molecule has 0 fully saturated rings. The van der Waals surface area contributed by atoms with Crippen molar-refractivity contribution >= 4 is 18.3 Å². The maximum Gasteiger partial charge on any atom is 0.221 e. The van der Waals surface area contributed by atoms with Crippen LogP contribution in [0.15, 0.2) is 30.3 Å². The molecule has 1 unspecified atom stereocenters. The minimum Gasteiger partial charge on any atom is -0.380 e. The minimum absolute atomic E-state index is 0. The number of ether oxygens (including phenoxy) is 1. The highest BCUT2D eigenvalue weighted by Crippen LogP contribution is 2.12. The molecule has 0 bridgehead atoms. The van der Waals surface area contributed by atoms with Gasteiger partial charge >= 0.3 is 0 Å². The molecule has 21 heavy (non-hydrogen) atoms. The van der Waals surface area contributed by atoms with Crippen LogP contribution in [0.3, 0.4) is 0 Å². The van der Waals surface area contributed by atoms with Gasteiger partial charge in [-0.2, -0.15) is 0 Å². The monoisotopic (exact) mass is 314 g/mol. The molecule has 0 radical (unpaired) electrons. The van der Waals surface area contributed by atoms with Crippen LogP contribution in [0.2, 0.25) is 0 Å². The second kappa shape index (κ2) is 11.5. The Morgan fingerprint density at radius 2 is 1.90 bits per heavy atom. The van der Waals surface area contributed by atoms with Crippen LogP contribution >= 0.6 is 12.4 Å². The third kappa shape index (κ3) is 9.45. The number of benzene rings is 1. The molecule has 3 N–H and O–H groups in total. The molecule has 1 atom stereocenters. The first kappa shape index (κ1) is 19.9. The SMILES string of the molecule is CC(C)CCOCCNC(=O)CC(N)c1ccccc1.Cl. The normalized spacial score (nSPS) is 11.8. The summed E-state index contributed by atoms with van der Waals surface area (Å²) in [6.45, 7) is 6.17. The summed E-state index contributed by atoms with van der Waals surface area (Å²) in [7, 11) is 0. The van der Waals surface area contributed by atoms with Gasteiger partial charge in [-0.25, -0.2) is 0 Å². The largest absolute Gasteiger partial charge is 0.380 e. The van der Waals surface area contributed by atoms with E-state index in [0.29, 0.717) is 25.5 Å². The number of rotatable bonds is 9. The Morgan fingerprint density at radius 1 is 1.24 bits per heavy atom. The quantitative estimate of drug-likeness (QED) is 0.689. The molecule has 1 amide bonds. The first-order valence-electron chi connectivity index (χ1n) is 7.24. The first-order valence-corrected chi connectivity index (χ1v) is 7.24. The molecule has 1 aromatic rings. The molecule has 0 aliphatic heterocycles. The van der Waals surface area contributed by atoms with Gasteiger partial charge in [-0.3, -0.25) is 4.79 Å². The zero-order chi connectivity index (χ0) is 14.8. The van der Waals surface area contributed by atoms with Crippen molar-refractivity contribution in [1.82, 2.24) is 5.32 Å². The van der Waals surface area contributed by atoms with Crippen molar-refractivity contribution in [3.8, 4) is 0 Å². The number of carbonyl (C=O) groups excluding carboxylic acids is 1. The van der Waals surface area contributed by atoms with Crippen molar-refractivity contribution in [3.05, 3.63) is 35.9 Å². The topological polar surface area (TPSA) is 64.3 Å². The zero-order valence-corrected chi connectivity index (χ0v) is 13.7. The highest BCUT2D eigenvalue weighted by atomic mass is 35.5. The molecule has 1 rings (SSSR count). The van der Waals surface area contributed by atoms with Crippen LogP contribution in [0, 0.1) is 5.92 Å². The van der Waals surface area contributed by atoms with Crippen molar-refractivity contribution in [2.45, 2.75) is 32.7 Å². The Morgan fingerprint density at radius 3 is 2.52 bits per heavy atom. The van der Waals surface area contributed by atoms with Gasteiger partial charge in [-0.15, -0.1) is 12.4 Å². The summed E-state index contributed by atoms with van der Waals surface area (Å²) >= 11 is 0. The first-order chi connectivity index (χ1) is 9.59. The van der Waals surface area contributed by atoms with E-state index in [1.165, 1.54) is 0 Å².